The Balaban J connectivity index is 1.44. The van der Waals surface area contributed by atoms with Crippen LogP contribution >= 0.6 is 0 Å². The monoisotopic (exact) mass is 426 g/mol. The molecule has 1 fully saturated rings. The minimum absolute atomic E-state index is 0.149. The van der Waals surface area contributed by atoms with Crippen LogP contribution in [0.3, 0.4) is 0 Å². The Morgan fingerprint density at radius 2 is 1.34 bits per heavy atom. The van der Waals surface area contributed by atoms with Crippen molar-refractivity contribution in [1.82, 2.24) is 24.8 Å². The van der Waals surface area contributed by atoms with Gasteiger partial charge in [0.1, 0.15) is 5.70 Å². The summed E-state index contributed by atoms with van der Waals surface area (Å²) in [6, 6.07) is 16.7. The quantitative estimate of drug-likeness (QED) is 0.577. The van der Waals surface area contributed by atoms with E-state index in [1.165, 1.54) is 4.90 Å². The topological polar surface area (TPSA) is 82.5 Å². The highest BCUT2D eigenvalue weighted by atomic mass is 16.2. The Bertz CT molecular complexity index is 1140. The number of pyridine rings is 1. The molecule has 0 atom stereocenters. The van der Waals surface area contributed by atoms with Gasteiger partial charge in [-0.1, -0.05) is 36.4 Å². The number of imide groups is 1. The number of hydrogen-bond acceptors (Lipinski definition) is 7. The second-order valence-electron chi connectivity index (χ2n) is 7.63. The molecule has 0 aliphatic carbocycles. The Labute approximate surface area is 185 Å². The van der Waals surface area contributed by atoms with Crippen LogP contribution in [0, 0.1) is 0 Å². The molecule has 0 unspecified atom stereocenters. The molecule has 2 aliphatic rings. The van der Waals surface area contributed by atoms with Gasteiger partial charge in [-0.3, -0.25) is 19.5 Å². The van der Waals surface area contributed by atoms with Crippen LogP contribution in [0.25, 0.3) is 5.57 Å². The van der Waals surface area contributed by atoms with E-state index >= 15 is 0 Å². The minimum atomic E-state index is -0.282. The highest BCUT2D eigenvalue weighted by Gasteiger charge is 2.42. The number of carbonyl (C=O) groups excluding carboxylic acids is 2. The summed E-state index contributed by atoms with van der Waals surface area (Å²) in [4.78, 5) is 45.3. The zero-order valence-electron chi connectivity index (χ0n) is 17.5. The molecule has 0 bridgehead atoms. The molecule has 8 heteroatoms. The first-order valence-electron chi connectivity index (χ1n) is 10.5. The van der Waals surface area contributed by atoms with Gasteiger partial charge in [0.25, 0.3) is 11.8 Å². The molecule has 3 aromatic rings. The highest BCUT2D eigenvalue weighted by molar-refractivity contribution is 6.35. The summed E-state index contributed by atoms with van der Waals surface area (Å²) in [7, 11) is 0. The van der Waals surface area contributed by atoms with E-state index in [0.717, 1.165) is 5.56 Å². The maximum absolute atomic E-state index is 13.5. The first-order chi connectivity index (χ1) is 15.7. The molecule has 2 aromatic heterocycles. The predicted molar refractivity (Wildman–Crippen MR) is 119 cm³/mol. The Morgan fingerprint density at radius 3 is 2.03 bits per heavy atom. The number of anilines is 1. The van der Waals surface area contributed by atoms with E-state index in [1.807, 2.05) is 53.4 Å². The molecule has 160 valence electrons. The fraction of sp³-hybridized carbons (Fsp3) is 0.208. The molecular weight excluding hydrogens is 404 g/mol. The molecule has 0 spiro atoms. The average Bonchev–Trinajstić information content (AvgIpc) is 3.10. The lowest BCUT2D eigenvalue weighted by Crippen LogP contribution is -2.48. The predicted octanol–water partition coefficient (Wildman–Crippen LogP) is 1.97. The lowest BCUT2D eigenvalue weighted by molar-refractivity contribution is -0.138. The van der Waals surface area contributed by atoms with Gasteiger partial charge in [-0.05, 0) is 23.8 Å². The summed E-state index contributed by atoms with van der Waals surface area (Å²) in [5, 5.41) is 0. The van der Waals surface area contributed by atoms with Crippen LogP contribution in [0.5, 0.6) is 0 Å². The van der Waals surface area contributed by atoms with Crippen molar-refractivity contribution in [3.05, 3.63) is 90.1 Å². The molecule has 1 saturated heterocycles. The van der Waals surface area contributed by atoms with Gasteiger partial charge in [0.2, 0.25) is 5.95 Å². The summed E-state index contributed by atoms with van der Waals surface area (Å²) >= 11 is 0. The number of benzene rings is 1. The fourth-order valence-electron chi connectivity index (χ4n) is 4.10. The SMILES string of the molecule is O=C1C(c2ccccc2)=C(N2CCN(c3ncccn3)CC2)C(=O)N1Cc1ccccn1. The first-order valence-corrected chi connectivity index (χ1v) is 10.5. The number of rotatable bonds is 5. The highest BCUT2D eigenvalue weighted by Crippen LogP contribution is 2.33. The first kappa shape index (κ1) is 19.9. The van der Waals surface area contributed by atoms with Crippen LogP contribution in [-0.2, 0) is 16.1 Å². The van der Waals surface area contributed by atoms with Crippen LogP contribution in [0.4, 0.5) is 5.95 Å². The van der Waals surface area contributed by atoms with Crippen LogP contribution in [0.1, 0.15) is 11.3 Å². The number of nitrogens with zero attached hydrogens (tertiary/aromatic N) is 6. The van der Waals surface area contributed by atoms with Gasteiger partial charge in [0, 0.05) is 44.8 Å². The minimum Gasteiger partial charge on any atom is -0.363 e. The van der Waals surface area contributed by atoms with Crippen molar-refractivity contribution in [2.45, 2.75) is 6.54 Å². The van der Waals surface area contributed by atoms with Gasteiger partial charge in [0.15, 0.2) is 0 Å². The molecule has 8 nitrogen and oxygen atoms in total. The zero-order valence-corrected chi connectivity index (χ0v) is 17.5. The maximum Gasteiger partial charge on any atom is 0.278 e. The molecule has 32 heavy (non-hydrogen) atoms. The second-order valence-corrected chi connectivity index (χ2v) is 7.63. The van der Waals surface area contributed by atoms with E-state index in [1.54, 1.807) is 24.7 Å². The molecule has 4 heterocycles. The second kappa shape index (κ2) is 8.58. The molecule has 0 radical (unpaired) electrons. The molecule has 2 amide bonds. The van der Waals surface area contributed by atoms with E-state index in [4.69, 9.17) is 0 Å². The van der Waals surface area contributed by atoms with E-state index in [-0.39, 0.29) is 18.4 Å². The summed E-state index contributed by atoms with van der Waals surface area (Å²) in [6.07, 6.45) is 5.11. The molecule has 1 aromatic carbocycles. The summed E-state index contributed by atoms with van der Waals surface area (Å²) in [5.74, 6) is 0.120. The van der Waals surface area contributed by atoms with Gasteiger partial charge in [-0.25, -0.2) is 9.97 Å². The van der Waals surface area contributed by atoms with Gasteiger partial charge >= 0.3 is 0 Å². The van der Waals surface area contributed by atoms with Crippen LogP contribution in [0.2, 0.25) is 0 Å². The Hall–Kier alpha value is -4.07. The van der Waals surface area contributed by atoms with Crippen molar-refractivity contribution in [2.24, 2.45) is 0 Å². The van der Waals surface area contributed by atoms with Crippen molar-refractivity contribution in [1.29, 1.82) is 0 Å². The molecular formula is C24H22N6O2. The van der Waals surface area contributed by atoms with Crippen molar-refractivity contribution in [2.75, 3.05) is 31.1 Å². The van der Waals surface area contributed by atoms with E-state index < -0.39 is 0 Å². The number of carbonyl (C=O) groups is 2. The number of hydrogen-bond donors (Lipinski definition) is 0. The molecule has 2 aliphatic heterocycles. The third-order valence-corrected chi connectivity index (χ3v) is 5.68. The third kappa shape index (κ3) is 3.71. The van der Waals surface area contributed by atoms with Crippen molar-refractivity contribution in [3.8, 4) is 0 Å². The molecule has 5 rings (SSSR count). The van der Waals surface area contributed by atoms with Crippen molar-refractivity contribution >= 4 is 23.3 Å². The number of aromatic nitrogens is 3. The normalized spacial score (nSPS) is 16.8. The largest absolute Gasteiger partial charge is 0.363 e. The smallest absolute Gasteiger partial charge is 0.278 e. The van der Waals surface area contributed by atoms with E-state index in [2.05, 4.69) is 19.9 Å². The Morgan fingerprint density at radius 1 is 0.688 bits per heavy atom. The average molecular weight is 426 g/mol. The van der Waals surface area contributed by atoms with Gasteiger partial charge < -0.3 is 9.80 Å². The van der Waals surface area contributed by atoms with Crippen LogP contribution in [0.15, 0.2) is 78.9 Å². The summed E-state index contributed by atoms with van der Waals surface area (Å²) < 4.78 is 0. The standard InChI is InChI=1S/C24H22N6O2/c31-22-20(18-7-2-1-3-8-18)21(23(32)30(22)17-19-9-4-5-10-25-19)28-13-15-29(16-14-28)24-26-11-6-12-27-24/h1-12H,13-17H2. The van der Waals surface area contributed by atoms with E-state index in [0.29, 0.717) is 49.1 Å². The van der Waals surface area contributed by atoms with Crippen LogP contribution in [-0.4, -0.2) is 62.7 Å². The summed E-state index contributed by atoms with van der Waals surface area (Å²) in [6.45, 7) is 2.67. The van der Waals surface area contributed by atoms with Gasteiger partial charge in [-0.2, -0.15) is 0 Å². The number of amides is 2. The molecule has 0 saturated carbocycles. The van der Waals surface area contributed by atoms with E-state index in [9.17, 15) is 9.59 Å². The van der Waals surface area contributed by atoms with Gasteiger partial charge in [-0.15, -0.1) is 0 Å². The Kier molecular flexibility index (Phi) is 5.33. The lowest BCUT2D eigenvalue weighted by Gasteiger charge is -2.36. The van der Waals surface area contributed by atoms with Crippen molar-refractivity contribution in [3.63, 3.8) is 0 Å². The summed E-state index contributed by atoms with van der Waals surface area (Å²) in [5.41, 5.74) is 2.34. The van der Waals surface area contributed by atoms with Gasteiger partial charge in [0.05, 0.1) is 17.8 Å². The van der Waals surface area contributed by atoms with Crippen LogP contribution < -0.4 is 4.90 Å². The maximum atomic E-state index is 13.5. The lowest BCUT2D eigenvalue weighted by atomic mass is 10.0. The van der Waals surface area contributed by atoms with Crippen molar-refractivity contribution < 1.29 is 9.59 Å². The zero-order chi connectivity index (χ0) is 21.9. The fourth-order valence-corrected chi connectivity index (χ4v) is 4.10. The third-order valence-electron chi connectivity index (χ3n) is 5.68. The number of piperazine rings is 1. The molecule has 0 N–H and O–H groups in total.